The molecular weight excluding hydrogens is 142 g/mol. The first kappa shape index (κ1) is 7.84. The lowest BCUT2D eigenvalue weighted by Crippen LogP contribution is -2.46. The monoisotopic (exact) mass is 155 g/mol. The zero-order valence-corrected chi connectivity index (χ0v) is 6.78. The Morgan fingerprint density at radius 1 is 1.36 bits per heavy atom. The molecule has 0 fully saturated rings. The van der Waals surface area contributed by atoms with Crippen molar-refractivity contribution in [2.75, 3.05) is 7.05 Å². The molecule has 0 aromatic heterocycles. The Bertz CT molecular complexity index is 187. The van der Waals surface area contributed by atoms with Crippen LogP contribution in [0, 0.1) is 0 Å². The maximum Gasteiger partial charge on any atom is 0.200 e. The fourth-order valence-electron chi connectivity index (χ4n) is 0.807. The largest absolute Gasteiger partial charge is 0.369 e. The summed E-state index contributed by atoms with van der Waals surface area (Å²) in [6.45, 7) is 1.99. The number of aliphatic imine (C=N–C) groups is 2. The van der Waals surface area contributed by atoms with E-state index < -0.39 is 0 Å². The topological polar surface area (TPSA) is 80.0 Å². The molecule has 0 bridgehead atoms. The summed E-state index contributed by atoms with van der Waals surface area (Å²) < 4.78 is 0. The summed E-state index contributed by atoms with van der Waals surface area (Å²) in [5.41, 5.74) is 11.1. The first-order valence-electron chi connectivity index (χ1n) is 3.55. The van der Waals surface area contributed by atoms with Crippen LogP contribution in [-0.2, 0) is 0 Å². The molecule has 0 amide bonds. The van der Waals surface area contributed by atoms with Crippen LogP contribution in [0.25, 0.3) is 0 Å². The first-order valence-corrected chi connectivity index (χ1v) is 3.55. The Labute approximate surface area is 65.8 Å². The van der Waals surface area contributed by atoms with Crippen LogP contribution in [0.15, 0.2) is 9.98 Å². The molecule has 62 valence electrons. The molecule has 5 heteroatoms. The highest BCUT2D eigenvalue weighted by Crippen LogP contribution is 2.04. The lowest BCUT2D eigenvalue weighted by molar-refractivity contribution is 0.600. The van der Waals surface area contributed by atoms with Gasteiger partial charge >= 0.3 is 0 Å². The van der Waals surface area contributed by atoms with Gasteiger partial charge < -0.3 is 11.5 Å². The highest BCUT2D eigenvalue weighted by atomic mass is 15.4. The molecule has 0 aliphatic carbocycles. The zero-order chi connectivity index (χ0) is 8.43. The molecule has 1 rings (SSSR count). The molecule has 0 atom stereocenters. The van der Waals surface area contributed by atoms with Crippen LogP contribution in [-0.4, -0.2) is 30.0 Å². The second-order valence-corrected chi connectivity index (χ2v) is 2.42. The van der Waals surface area contributed by atoms with Crippen LogP contribution >= 0.6 is 0 Å². The number of nitrogens with two attached hydrogens (primary N) is 2. The number of hydrogen-bond acceptors (Lipinski definition) is 5. The number of nitrogens with zero attached hydrogens (tertiary/aromatic N) is 3. The average molecular weight is 155 g/mol. The van der Waals surface area contributed by atoms with Crippen molar-refractivity contribution in [2.24, 2.45) is 21.5 Å². The van der Waals surface area contributed by atoms with Crippen molar-refractivity contribution >= 4 is 11.9 Å². The third-order valence-electron chi connectivity index (χ3n) is 1.62. The van der Waals surface area contributed by atoms with E-state index in [2.05, 4.69) is 9.98 Å². The van der Waals surface area contributed by atoms with Gasteiger partial charge in [-0.25, -0.2) is 9.98 Å². The van der Waals surface area contributed by atoms with Crippen LogP contribution in [0.3, 0.4) is 0 Å². The van der Waals surface area contributed by atoms with Crippen molar-refractivity contribution in [3.8, 4) is 0 Å². The van der Waals surface area contributed by atoms with Crippen LogP contribution in [0.1, 0.15) is 13.3 Å². The average Bonchev–Trinajstić information content (AvgIpc) is 1.99. The summed E-state index contributed by atoms with van der Waals surface area (Å²) in [5.74, 6) is 0.869. The van der Waals surface area contributed by atoms with Crippen LogP contribution in [0.5, 0.6) is 0 Å². The SMILES string of the molecule is CCC1N=C(N)N(C)C(N)=N1. The smallest absolute Gasteiger partial charge is 0.200 e. The number of rotatable bonds is 1. The van der Waals surface area contributed by atoms with Crippen molar-refractivity contribution in [2.45, 2.75) is 19.5 Å². The van der Waals surface area contributed by atoms with E-state index in [4.69, 9.17) is 11.5 Å². The standard InChI is InChI=1S/C6H13N5/c1-3-4-9-5(7)11(2)6(8)10-4/h4H,3H2,1-2H3,(H2,7,9)(H2,8,10). The Morgan fingerprint density at radius 3 is 2.18 bits per heavy atom. The molecule has 0 spiro atoms. The van der Waals surface area contributed by atoms with Gasteiger partial charge in [0.05, 0.1) is 0 Å². The Balaban J connectivity index is 2.79. The van der Waals surface area contributed by atoms with E-state index in [-0.39, 0.29) is 6.17 Å². The van der Waals surface area contributed by atoms with Gasteiger partial charge in [-0.3, -0.25) is 4.90 Å². The minimum absolute atomic E-state index is 0.0915. The van der Waals surface area contributed by atoms with Gasteiger partial charge in [-0.15, -0.1) is 0 Å². The quantitative estimate of drug-likeness (QED) is 0.525. The van der Waals surface area contributed by atoms with E-state index >= 15 is 0 Å². The van der Waals surface area contributed by atoms with E-state index in [0.29, 0.717) is 11.9 Å². The van der Waals surface area contributed by atoms with E-state index in [9.17, 15) is 0 Å². The van der Waals surface area contributed by atoms with Crippen molar-refractivity contribution in [3.05, 3.63) is 0 Å². The van der Waals surface area contributed by atoms with E-state index in [0.717, 1.165) is 6.42 Å². The third-order valence-corrected chi connectivity index (χ3v) is 1.62. The molecule has 0 unspecified atom stereocenters. The van der Waals surface area contributed by atoms with Crippen molar-refractivity contribution in [1.82, 2.24) is 4.90 Å². The first-order chi connectivity index (χ1) is 5.15. The lowest BCUT2D eigenvalue weighted by Gasteiger charge is -2.23. The van der Waals surface area contributed by atoms with Crippen molar-refractivity contribution in [3.63, 3.8) is 0 Å². The van der Waals surface area contributed by atoms with Crippen LogP contribution in [0.2, 0.25) is 0 Å². The fourth-order valence-corrected chi connectivity index (χ4v) is 0.807. The minimum Gasteiger partial charge on any atom is -0.369 e. The van der Waals surface area contributed by atoms with E-state index in [1.807, 2.05) is 6.92 Å². The highest BCUT2D eigenvalue weighted by Gasteiger charge is 2.15. The van der Waals surface area contributed by atoms with Gasteiger partial charge in [0, 0.05) is 7.05 Å². The predicted octanol–water partition coefficient (Wildman–Crippen LogP) is -0.703. The molecule has 11 heavy (non-hydrogen) atoms. The summed E-state index contributed by atoms with van der Waals surface area (Å²) in [6, 6.07) is 0. The second kappa shape index (κ2) is 2.77. The summed E-state index contributed by atoms with van der Waals surface area (Å²) in [7, 11) is 1.74. The maximum atomic E-state index is 5.55. The summed E-state index contributed by atoms with van der Waals surface area (Å²) in [6.07, 6.45) is 0.737. The Hall–Kier alpha value is -1.26. The normalized spacial score (nSPS) is 19.6. The molecule has 0 saturated heterocycles. The Kier molecular flexibility index (Phi) is 1.98. The summed E-state index contributed by atoms with van der Waals surface area (Å²) in [5, 5.41) is 0. The van der Waals surface area contributed by atoms with Gasteiger partial charge in [0.2, 0.25) is 0 Å². The van der Waals surface area contributed by atoms with Crippen molar-refractivity contribution in [1.29, 1.82) is 0 Å². The van der Waals surface area contributed by atoms with E-state index in [1.165, 1.54) is 0 Å². The molecular formula is C6H13N5. The molecule has 1 heterocycles. The fraction of sp³-hybridized carbons (Fsp3) is 0.667. The molecule has 1 aliphatic rings. The van der Waals surface area contributed by atoms with Crippen molar-refractivity contribution < 1.29 is 0 Å². The van der Waals surface area contributed by atoms with Gasteiger partial charge in [0.15, 0.2) is 11.9 Å². The van der Waals surface area contributed by atoms with Crippen LogP contribution in [0.4, 0.5) is 0 Å². The third kappa shape index (κ3) is 1.42. The second-order valence-electron chi connectivity index (χ2n) is 2.42. The number of guanidine groups is 2. The van der Waals surface area contributed by atoms with Crippen LogP contribution < -0.4 is 11.5 Å². The lowest BCUT2D eigenvalue weighted by atomic mass is 10.4. The van der Waals surface area contributed by atoms with Gasteiger partial charge in [-0.2, -0.15) is 0 Å². The van der Waals surface area contributed by atoms with E-state index in [1.54, 1.807) is 11.9 Å². The number of hydrogen-bond donors (Lipinski definition) is 2. The highest BCUT2D eigenvalue weighted by molar-refractivity contribution is 5.98. The molecule has 0 radical (unpaired) electrons. The van der Waals surface area contributed by atoms with Gasteiger partial charge in [0.25, 0.3) is 0 Å². The summed E-state index contributed by atoms with van der Waals surface area (Å²) >= 11 is 0. The van der Waals surface area contributed by atoms with Gasteiger partial charge in [0.1, 0.15) is 6.17 Å². The summed E-state index contributed by atoms with van der Waals surface area (Å²) in [4.78, 5) is 9.73. The minimum atomic E-state index is -0.0915. The molecule has 4 N–H and O–H groups in total. The molecule has 0 aromatic carbocycles. The molecule has 0 saturated carbocycles. The maximum absolute atomic E-state index is 5.55. The zero-order valence-electron chi connectivity index (χ0n) is 6.78. The molecule has 5 nitrogen and oxygen atoms in total. The van der Waals surface area contributed by atoms with Gasteiger partial charge in [-0.05, 0) is 6.42 Å². The van der Waals surface area contributed by atoms with Gasteiger partial charge in [-0.1, -0.05) is 6.92 Å². The molecule has 0 aromatic rings. The molecule has 1 aliphatic heterocycles. The predicted molar refractivity (Wildman–Crippen MR) is 45.1 cm³/mol. The Morgan fingerprint density at radius 2 is 1.82 bits per heavy atom.